The Labute approximate surface area is 158 Å². The summed E-state index contributed by atoms with van der Waals surface area (Å²) in [6.45, 7) is 13.9. The molecule has 138 valence electrons. The van der Waals surface area contributed by atoms with Gasteiger partial charge in [-0.25, -0.2) is 9.22 Å². The van der Waals surface area contributed by atoms with E-state index in [-0.39, 0.29) is 0 Å². The monoisotopic (exact) mass is 373 g/mol. The maximum atomic E-state index is 7.22. The topological polar surface area (TPSA) is 63.7 Å². The molecule has 0 amide bonds. The van der Waals surface area contributed by atoms with Crippen LogP contribution >= 0.6 is 11.5 Å². The Kier molecular flexibility index (Phi) is 7.66. The van der Waals surface area contributed by atoms with Crippen molar-refractivity contribution in [1.29, 1.82) is 0 Å². The van der Waals surface area contributed by atoms with E-state index in [2.05, 4.69) is 30.4 Å². The molecule has 0 saturated heterocycles. The van der Waals surface area contributed by atoms with E-state index in [0.29, 0.717) is 29.6 Å². The lowest BCUT2D eigenvalue weighted by Crippen LogP contribution is -2.30. The lowest BCUT2D eigenvalue weighted by molar-refractivity contribution is 0.190. The first-order chi connectivity index (χ1) is 12.6. The molecule has 0 aliphatic heterocycles. The van der Waals surface area contributed by atoms with Crippen molar-refractivity contribution in [1.82, 2.24) is 4.37 Å². The number of hydrogen-bond acceptors (Lipinski definition) is 7. The van der Waals surface area contributed by atoms with Crippen LogP contribution in [0, 0.1) is 20.4 Å². The van der Waals surface area contributed by atoms with Crippen molar-refractivity contribution in [3.8, 4) is 0 Å². The molecule has 0 saturated carbocycles. The van der Waals surface area contributed by atoms with E-state index in [1.165, 1.54) is 11.5 Å². The first-order valence-corrected chi connectivity index (χ1v) is 8.97. The van der Waals surface area contributed by atoms with Gasteiger partial charge in [0.25, 0.3) is 0 Å². The maximum Gasteiger partial charge on any atom is 0.247 e. The van der Waals surface area contributed by atoms with Crippen LogP contribution in [-0.2, 0) is 9.47 Å². The highest BCUT2D eigenvalue weighted by Gasteiger charge is 2.11. The number of nitrogens with zero attached hydrogens (tertiary/aromatic N) is 5. The third-order valence-electron chi connectivity index (χ3n) is 3.85. The van der Waals surface area contributed by atoms with Crippen LogP contribution in [0.4, 0.5) is 22.1 Å². The van der Waals surface area contributed by atoms with Crippen molar-refractivity contribution in [3.63, 3.8) is 0 Å². The van der Waals surface area contributed by atoms with Crippen LogP contribution in [0.15, 0.2) is 28.4 Å². The van der Waals surface area contributed by atoms with Crippen LogP contribution in [0.1, 0.15) is 11.3 Å². The number of anilines is 1. The largest absolute Gasteiger partial charge is 0.383 e. The zero-order chi connectivity index (χ0) is 18.9. The number of ether oxygens (including phenoxy) is 2. The van der Waals surface area contributed by atoms with Crippen molar-refractivity contribution in [2.45, 2.75) is 13.8 Å². The molecule has 0 radical (unpaired) electrons. The van der Waals surface area contributed by atoms with Crippen molar-refractivity contribution < 1.29 is 9.47 Å². The van der Waals surface area contributed by atoms with Crippen LogP contribution in [0.3, 0.4) is 0 Å². The van der Waals surface area contributed by atoms with Crippen LogP contribution in [0.2, 0.25) is 0 Å². The van der Waals surface area contributed by atoms with Gasteiger partial charge in [0.1, 0.15) is 0 Å². The second kappa shape index (κ2) is 9.97. The normalized spacial score (nSPS) is 11.0. The number of aryl methyl sites for hydroxylation is 2. The highest BCUT2D eigenvalue weighted by molar-refractivity contribution is 7.10. The van der Waals surface area contributed by atoms with Crippen LogP contribution < -0.4 is 4.90 Å². The van der Waals surface area contributed by atoms with Crippen LogP contribution in [-0.4, -0.2) is 44.9 Å². The molecule has 8 heteroatoms. The Bertz CT molecular complexity index is 789. The van der Waals surface area contributed by atoms with E-state index in [4.69, 9.17) is 16.0 Å². The Morgan fingerprint density at radius 3 is 2.42 bits per heavy atom. The first-order valence-electron chi connectivity index (χ1n) is 8.19. The van der Waals surface area contributed by atoms with Crippen molar-refractivity contribution >= 4 is 33.6 Å². The highest BCUT2D eigenvalue weighted by atomic mass is 32.1. The van der Waals surface area contributed by atoms with Gasteiger partial charge in [0, 0.05) is 33.0 Å². The first kappa shape index (κ1) is 20.0. The second-order valence-electron chi connectivity index (χ2n) is 5.68. The zero-order valence-electron chi connectivity index (χ0n) is 15.5. The molecule has 0 unspecified atom stereocenters. The Morgan fingerprint density at radius 1 is 1.15 bits per heavy atom. The molecule has 1 aromatic carbocycles. The third kappa shape index (κ3) is 5.08. The van der Waals surface area contributed by atoms with Gasteiger partial charge in [-0.3, -0.25) is 0 Å². The molecule has 26 heavy (non-hydrogen) atoms. The molecule has 0 N–H and O–H groups in total. The Hall–Kier alpha value is -2.34. The number of hydrogen-bond donors (Lipinski definition) is 0. The van der Waals surface area contributed by atoms with Gasteiger partial charge in [-0.2, -0.15) is 5.11 Å². The molecule has 0 spiro atoms. The third-order valence-corrected chi connectivity index (χ3v) is 4.66. The highest BCUT2D eigenvalue weighted by Crippen LogP contribution is 2.37. The summed E-state index contributed by atoms with van der Waals surface area (Å²) in [5.41, 5.74) is 4.04. The van der Waals surface area contributed by atoms with Gasteiger partial charge in [0.05, 0.1) is 31.2 Å². The fourth-order valence-corrected chi connectivity index (χ4v) is 3.04. The van der Waals surface area contributed by atoms with Crippen LogP contribution in [0.25, 0.3) is 4.85 Å². The molecule has 2 rings (SSSR count). The SMILES string of the molecule is [C-]#[N+]c1c(C)nsc1N=Nc1ccc(N(CCOC)CCOC)cc1C. The summed E-state index contributed by atoms with van der Waals surface area (Å²) in [5.74, 6) is 0. The Morgan fingerprint density at radius 2 is 1.85 bits per heavy atom. The van der Waals surface area contributed by atoms with E-state index in [0.717, 1.165) is 30.0 Å². The molecule has 0 atom stereocenters. The summed E-state index contributed by atoms with van der Waals surface area (Å²) in [6, 6.07) is 6.03. The summed E-state index contributed by atoms with van der Waals surface area (Å²) in [7, 11) is 3.39. The smallest absolute Gasteiger partial charge is 0.247 e. The number of benzene rings is 1. The number of aromatic nitrogens is 1. The predicted octanol–water partition coefficient (Wildman–Crippen LogP) is 4.83. The van der Waals surface area contributed by atoms with E-state index < -0.39 is 0 Å². The molecule has 0 fully saturated rings. The molecule has 7 nitrogen and oxygen atoms in total. The lowest BCUT2D eigenvalue weighted by Gasteiger charge is -2.24. The number of rotatable bonds is 9. The quantitative estimate of drug-likeness (QED) is 0.467. The molecule has 0 aliphatic carbocycles. The average Bonchev–Trinajstić information content (AvgIpc) is 3.00. The summed E-state index contributed by atoms with van der Waals surface area (Å²) < 4.78 is 14.5. The van der Waals surface area contributed by atoms with E-state index >= 15 is 0 Å². The van der Waals surface area contributed by atoms with Crippen LogP contribution in [0.5, 0.6) is 0 Å². The number of azo groups is 1. The average molecular weight is 373 g/mol. The maximum absolute atomic E-state index is 7.22. The Balaban J connectivity index is 2.19. The molecule has 1 aromatic heterocycles. The van der Waals surface area contributed by atoms with Crippen molar-refractivity contribution in [3.05, 3.63) is 40.9 Å². The fraction of sp³-hybridized carbons (Fsp3) is 0.444. The summed E-state index contributed by atoms with van der Waals surface area (Å²) >= 11 is 1.19. The van der Waals surface area contributed by atoms with Gasteiger partial charge in [0.2, 0.25) is 5.69 Å². The molecular weight excluding hydrogens is 350 g/mol. The minimum Gasteiger partial charge on any atom is -0.383 e. The van der Waals surface area contributed by atoms with Gasteiger partial charge < -0.3 is 14.4 Å². The van der Waals surface area contributed by atoms with Gasteiger partial charge in [-0.15, -0.1) is 5.11 Å². The fourth-order valence-electron chi connectivity index (χ4n) is 2.37. The summed E-state index contributed by atoms with van der Waals surface area (Å²) in [4.78, 5) is 5.69. The predicted molar refractivity (Wildman–Crippen MR) is 104 cm³/mol. The van der Waals surface area contributed by atoms with E-state index in [9.17, 15) is 0 Å². The molecule has 0 bridgehead atoms. The van der Waals surface area contributed by atoms with E-state index in [1.807, 2.05) is 19.1 Å². The molecule has 1 heterocycles. The van der Waals surface area contributed by atoms with E-state index in [1.54, 1.807) is 21.1 Å². The lowest BCUT2D eigenvalue weighted by atomic mass is 10.1. The number of methoxy groups -OCH3 is 2. The minimum absolute atomic E-state index is 0.471. The van der Waals surface area contributed by atoms with Gasteiger partial charge in [-0.05, 0) is 49.1 Å². The van der Waals surface area contributed by atoms with Crippen molar-refractivity contribution in [2.75, 3.05) is 45.4 Å². The molecule has 0 aliphatic rings. The molecular formula is C18H23N5O2S. The van der Waals surface area contributed by atoms with Gasteiger partial charge in [0.15, 0.2) is 5.00 Å². The zero-order valence-corrected chi connectivity index (χ0v) is 16.3. The standard InChI is InChI=1S/C18H23N5O2S/c1-13-12-15(23(8-10-24-4)9-11-25-5)6-7-16(13)20-21-18-17(19-3)14(2)22-26-18/h6-7,12H,8-11H2,1-2,4-5H3. The summed E-state index contributed by atoms with van der Waals surface area (Å²) in [6.07, 6.45) is 0. The minimum atomic E-state index is 0.471. The molecule has 2 aromatic rings. The summed E-state index contributed by atoms with van der Waals surface area (Å²) in [5, 5.41) is 9.07. The van der Waals surface area contributed by atoms with Gasteiger partial charge in [-0.1, -0.05) is 0 Å². The second-order valence-corrected chi connectivity index (χ2v) is 6.43. The van der Waals surface area contributed by atoms with Crippen molar-refractivity contribution in [2.24, 2.45) is 10.2 Å². The van der Waals surface area contributed by atoms with Gasteiger partial charge >= 0.3 is 0 Å².